The summed E-state index contributed by atoms with van der Waals surface area (Å²) in [6, 6.07) is 11.6. The topological polar surface area (TPSA) is 45.7 Å². The second-order valence-corrected chi connectivity index (χ2v) is 8.13. The highest BCUT2D eigenvalue weighted by molar-refractivity contribution is 7.22. The molecule has 3 rings (SSSR count). The third-order valence-electron chi connectivity index (χ3n) is 5.32. The third-order valence-corrected chi connectivity index (χ3v) is 6.36. The molecule has 0 fully saturated rings. The van der Waals surface area contributed by atoms with E-state index in [0.717, 1.165) is 35.0 Å². The van der Waals surface area contributed by atoms with Gasteiger partial charge in [-0.3, -0.25) is 9.69 Å². The van der Waals surface area contributed by atoms with E-state index in [4.69, 9.17) is 9.72 Å². The van der Waals surface area contributed by atoms with Crippen molar-refractivity contribution in [2.75, 3.05) is 38.2 Å². The summed E-state index contributed by atoms with van der Waals surface area (Å²) in [5.41, 5.74) is 4.00. The van der Waals surface area contributed by atoms with E-state index < -0.39 is 0 Å². The maximum atomic E-state index is 13.4. The van der Waals surface area contributed by atoms with E-state index >= 15 is 0 Å². The van der Waals surface area contributed by atoms with Crippen molar-refractivity contribution in [1.29, 1.82) is 0 Å². The Bertz CT molecular complexity index is 956. The molecule has 0 saturated carbocycles. The van der Waals surface area contributed by atoms with Crippen LogP contribution in [0.1, 0.15) is 35.3 Å². The van der Waals surface area contributed by atoms with Crippen LogP contribution in [0.2, 0.25) is 0 Å². The second-order valence-electron chi connectivity index (χ2n) is 7.12. The number of ether oxygens (including phenoxy) is 1. The lowest BCUT2D eigenvalue weighted by molar-refractivity contribution is 0.0983. The molecule has 0 aliphatic rings. The number of hydrogen-bond acceptors (Lipinski definition) is 5. The number of hydrogen-bond donors (Lipinski definition) is 0. The van der Waals surface area contributed by atoms with Gasteiger partial charge >= 0.3 is 0 Å². The molecule has 1 aromatic heterocycles. The SMILES string of the molecule is CCN(CC)CCN(C(=O)c1cccc(OC)c1)c1nc2cc(C)c(C)cc2s1. The van der Waals surface area contributed by atoms with Crippen LogP contribution in [0.3, 0.4) is 0 Å². The molecule has 1 amide bonds. The molecule has 0 atom stereocenters. The number of likely N-dealkylation sites (N-methyl/N-ethyl adjacent to an activating group) is 1. The average molecular weight is 412 g/mol. The molecular weight excluding hydrogens is 382 g/mol. The summed E-state index contributed by atoms with van der Waals surface area (Å²) in [5, 5.41) is 0.741. The molecule has 2 aromatic carbocycles. The molecule has 5 nitrogen and oxygen atoms in total. The van der Waals surface area contributed by atoms with Crippen molar-refractivity contribution in [2.45, 2.75) is 27.7 Å². The molecule has 0 N–H and O–H groups in total. The van der Waals surface area contributed by atoms with Crippen molar-refractivity contribution in [3.8, 4) is 5.75 Å². The Morgan fingerprint density at radius 1 is 1.07 bits per heavy atom. The van der Waals surface area contributed by atoms with E-state index in [1.54, 1.807) is 24.5 Å². The van der Waals surface area contributed by atoms with Crippen LogP contribution in [0.15, 0.2) is 36.4 Å². The van der Waals surface area contributed by atoms with Gasteiger partial charge in [0.1, 0.15) is 5.75 Å². The van der Waals surface area contributed by atoms with E-state index in [0.29, 0.717) is 17.9 Å². The van der Waals surface area contributed by atoms with Gasteiger partial charge in [-0.15, -0.1) is 0 Å². The highest BCUT2D eigenvalue weighted by Gasteiger charge is 2.22. The molecule has 1 heterocycles. The minimum absolute atomic E-state index is 0.0523. The van der Waals surface area contributed by atoms with Gasteiger partial charge in [0.2, 0.25) is 0 Å². The summed E-state index contributed by atoms with van der Waals surface area (Å²) < 4.78 is 6.41. The fraction of sp³-hybridized carbons (Fsp3) is 0.391. The normalized spacial score (nSPS) is 11.2. The zero-order valence-electron chi connectivity index (χ0n) is 17.9. The van der Waals surface area contributed by atoms with E-state index in [2.05, 4.69) is 44.7 Å². The van der Waals surface area contributed by atoms with Gasteiger partial charge < -0.3 is 9.64 Å². The van der Waals surface area contributed by atoms with Crippen molar-refractivity contribution in [3.05, 3.63) is 53.1 Å². The molecule has 29 heavy (non-hydrogen) atoms. The largest absolute Gasteiger partial charge is 0.497 e. The van der Waals surface area contributed by atoms with E-state index in [1.807, 2.05) is 23.1 Å². The van der Waals surface area contributed by atoms with E-state index in [9.17, 15) is 4.79 Å². The van der Waals surface area contributed by atoms with Gasteiger partial charge in [-0.05, 0) is 68.4 Å². The van der Waals surface area contributed by atoms with Gasteiger partial charge in [-0.2, -0.15) is 0 Å². The number of aromatic nitrogens is 1. The molecular formula is C23H29N3O2S. The van der Waals surface area contributed by atoms with Crippen molar-refractivity contribution >= 4 is 32.6 Å². The van der Waals surface area contributed by atoms with Gasteiger partial charge in [0, 0.05) is 18.7 Å². The Morgan fingerprint density at radius 2 is 1.79 bits per heavy atom. The quantitative estimate of drug-likeness (QED) is 0.528. The van der Waals surface area contributed by atoms with E-state index in [-0.39, 0.29) is 5.91 Å². The standard InChI is InChI=1S/C23H29N3O2S/c1-6-25(7-2)11-12-26(22(27)18-9-8-10-19(15-18)28-5)23-24-20-13-16(3)17(4)14-21(20)29-23/h8-10,13-15H,6-7,11-12H2,1-5H3. The first-order valence-corrected chi connectivity index (χ1v) is 10.8. The summed E-state index contributed by atoms with van der Waals surface area (Å²) in [6.45, 7) is 11.8. The maximum Gasteiger partial charge on any atom is 0.260 e. The number of anilines is 1. The van der Waals surface area contributed by atoms with Crippen LogP contribution >= 0.6 is 11.3 Å². The lowest BCUT2D eigenvalue weighted by atomic mass is 10.1. The first kappa shape index (κ1) is 21.3. The lowest BCUT2D eigenvalue weighted by Gasteiger charge is -2.24. The minimum Gasteiger partial charge on any atom is -0.497 e. The Hall–Kier alpha value is -2.44. The van der Waals surface area contributed by atoms with Crippen LogP contribution in [0.4, 0.5) is 5.13 Å². The number of nitrogens with zero attached hydrogens (tertiary/aromatic N) is 3. The molecule has 0 radical (unpaired) electrons. The minimum atomic E-state index is -0.0523. The Morgan fingerprint density at radius 3 is 2.48 bits per heavy atom. The van der Waals surface area contributed by atoms with Gasteiger partial charge in [-0.25, -0.2) is 4.98 Å². The second kappa shape index (κ2) is 9.37. The summed E-state index contributed by atoms with van der Waals surface area (Å²) in [7, 11) is 1.61. The van der Waals surface area contributed by atoms with Crippen LogP contribution in [-0.2, 0) is 0 Å². The molecule has 154 valence electrons. The van der Waals surface area contributed by atoms with E-state index in [1.165, 1.54) is 11.1 Å². The Kier molecular flexibility index (Phi) is 6.87. The van der Waals surface area contributed by atoms with Gasteiger partial charge in [0.25, 0.3) is 5.91 Å². The van der Waals surface area contributed by atoms with Gasteiger partial charge in [-0.1, -0.05) is 31.3 Å². The molecule has 0 bridgehead atoms. The van der Waals surface area contributed by atoms with Crippen molar-refractivity contribution in [2.24, 2.45) is 0 Å². The number of thiazole rings is 1. The molecule has 0 aliphatic heterocycles. The fourth-order valence-corrected chi connectivity index (χ4v) is 4.33. The van der Waals surface area contributed by atoms with Crippen molar-refractivity contribution in [3.63, 3.8) is 0 Å². The van der Waals surface area contributed by atoms with Crippen LogP contribution < -0.4 is 9.64 Å². The maximum absolute atomic E-state index is 13.4. The number of methoxy groups -OCH3 is 1. The number of rotatable bonds is 8. The highest BCUT2D eigenvalue weighted by Crippen LogP contribution is 2.31. The molecule has 6 heteroatoms. The zero-order valence-corrected chi connectivity index (χ0v) is 18.7. The molecule has 0 saturated heterocycles. The summed E-state index contributed by atoms with van der Waals surface area (Å²) >= 11 is 1.57. The molecule has 3 aromatic rings. The zero-order chi connectivity index (χ0) is 21.0. The molecule has 0 unspecified atom stereocenters. The molecule has 0 spiro atoms. The number of amides is 1. The Balaban J connectivity index is 1.99. The average Bonchev–Trinajstić information content (AvgIpc) is 3.13. The van der Waals surface area contributed by atoms with Gasteiger partial charge in [0.15, 0.2) is 5.13 Å². The first-order chi connectivity index (χ1) is 14.0. The number of carbonyl (C=O) groups is 1. The smallest absolute Gasteiger partial charge is 0.260 e. The van der Waals surface area contributed by atoms with Crippen LogP contribution in [0.5, 0.6) is 5.75 Å². The van der Waals surface area contributed by atoms with Crippen LogP contribution in [-0.4, -0.2) is 49.1 Å². The number of fused-ring (bicyclic) bond motifs is 1. The number of aryl methyl sites for hydroxylation is 2. The third kappa shape index (κ3) is 4.77. The van der Waals surface area contributed by atoms with Crippen LogP contribution in [0, 0.1) is 13.8 Å². The number of carbonyl (C=O) groups excluding carboxylic acids is 1. The van der Waals surface area contributed by atoms with Crippen LogP contribution in [0.25, 0.3) is 10.2 Å². The molecule has 0 aliphatic carbocycles. The predicted molar refractivity (Wildman–Crippen MR) is 122 cm³/mol. The lowest BCUT2D eigenvalue weighted by Crippen LogP contribution is -2.38. The monoisotopic (exact) mass is 411 g/mol. The summed E-state index contributed by atoms with van der Waals surface area (Å²) in [4.78, 5) is 22.4. The summed E-state index contributed by atoms with van der Waals surface area (Å²) in [5.74, 6) is 0.624. The van der Waals surface area contributed by atoms with Crippen molar-refractivity contribution < 1.29 is 9.53 Å². The Labute approximate surface area is 176 Å². The number of benzene rings is 2. The fourth-order valence-electron chi connectivity index (χ4n) is 3.26. The summed E-state index contributed by atoms with van der Waals surface area (Å²) in [6.07, 6.45) is 0. The first-order valence-electron chi connectivity index (χ1n) is 10.0. The predicted octanol–water partition coefficient (Wildman–Crippen LogP) is 4.91. The van der Waals surface area contributed by atoms with Gasteiger partial charge in [0.05, 0.1) is 17.3 Å². The van der Waals surface area contributed by atoms with Crippen molar-refractivity contribution in [1.82, 2.24) is 9.88 Å². The highest BCUT2D eigenvalue weighted by atomic mass is 32.1.